The molecule has 27 heavy (non-hydrogen) atoms. The molecule has 0 radical (unpaired) electrons. The van der Waals surface area contributed by atoms with Gasteiger partial charge in [-0.25, -0.2) is 0 Å². The lowest BCUT2D eigenvalue weighted by atomic mass is 10.2. The van der Waals surface area contributed by atoms with Gasteiger partial charge in [0.25, 0.3) is 0 Å². The molecule has 0 aliphatic carbocycles. The minimum Gasteiger partial charge on any atom is -0.389 e. The molecule has 4 nitrogen and oxygen atoms in total. The molecule has 0 aromatic carbocycles. The molecule has 0 unspecified atom stereocenters. The van der Waals surface area contributed by atoms with Gasteiger partial charge in [0, 0.05) is 0 Å². The van der Waals surface area contributed by atoms with Crippen LogP contribution < -0.4 is 0 Å². The molecule has 0 saturated heterocycles. The third-order valence-corrected chi connectivity index (χ3v) is 11.3. The zero-order chi connectivity index (χ0) is 21.9. The van der Waals surface area contributed by atoms with E-state index in [9.17, 15) is 0 Å². The van der Waals surface area contributed by atoms with Crippen molar-refractivity contribution in [3.8, 4) is 0 Å². The zero-order valence-corrected chi connectivity index (χ0v) is 22.8. The van der Waals surface area contributed by atoms with Gasteiger partial charge in [0.15, 0.2) is 0 Å². The highest BCUT2D eigenvalue weighted by atomic mass is 28.4. The van der Waals surface area contributed by atoms with Crippen LogP contribution in [-0.2, 0) is 17.7 Å². The summed E-state index contributed by atoms with van der Waals surface area (Å²) in [5.41, 5.74) is -0.945. The maximum absolute atomic E-state index is 6.63. The quantitative estimate of drug-likeness (QED) is 0.405. The summed E-state index contributed by atoms with van der Waals surface area (Å²) in [4.78, 5) is 0. The van der Waals surface area contributed by atoms with Crippen molar-refractivity contribution in [1.82, 2.24) is 0 Å². The van der Waals surface area contributed by atoms with E-state index in [2.05, 4.69) is 96.6 Å². The van der Waals surface area contributed by atoms with E-state index >= 15 is 0 Å². The lowest BCUT2D eigenvalue weighted by Gasteiger charge is -2.44. The second-order valence-electron chi connectivity index (χ2n) is 11.8. The van der Waals surface area contributed by atoms with Crippen LogP contribution in [0.1, 0.15) is 90.0 Å². The molecule has 0 aromatic heterocycles. The Balaban J connectivity index is 5.70. The van der Waals surface area contributed by atoms with Crippen molar-refractivity contribution in [3.63, 3.8) is 0 Å². The molecule has 6 heteroatoms. The monoisotopic (exact) mass is 420 g/mol. The van der Waals surface area contributed by atoms with Gasteiger partial charge >= 0.3 is 17.1 Å². The number of rotatable bonds is 8. The predicted octanol–water partition coefficient (Wildman–Crippen LogP) is 6.78. The topological polar surface area (TPSA) is 36.9 Å². The van der Waals surface area contributed by atoms with Gasteiger partial charge in [-0.2, -0.15) is 0 Å². The lowest BCUT2D eigenvalue weighted by Crippen LogP contribution is -2.54. The van der Waals surface area contributed by atoms with E-state index in [4.69, 9.17) is 17.7 Å². The largest absolute Gasteiger partial charge is 0.389 e. The average Bonchev–Trinajstić information content (AvgIpc) is 2.27. The van der Waals surface area contributed by atoms with Gasteiger partial charge in [-0.05, 0) is 108 Å². The molecule has 0 bridgehead atoms. The van der Waals surface area contributed by atoms with Gasteiger partial charge in [-0.1, -0.05) is 6.92 Å². The lowest BCUT2D eigenvalue weighted by molar-refractivity contribution is 0.00769. The van der Waals surface area contributed by atoms with Crippen molar-refractivity contribution in [1.29, 1.82) is 0 Å². The second-order valence-corrected chi connectivity index (χ2v) is 18.4. The van der Waals surface area contributed by atoms with Gasteiger partial charge in [0.1, 0.15) is 0 Å². The highest BCUT2D eigenvalue weighted by Crippen LogP contribution is 2.36. The first-order valence-corrected chi connectivity index (χ1v) is 15.2. The van der Waals surface area contributed by atoms with Gasteiger partial charge < -0.3 is 17.7 Å². The summed E-state index contributed by atoms with van der Waals surface area (Å²) in [6.45, 7) is 29.7. The normalized spacial score (nSPS) is 15.3. The maximum Gasteiger partial charge on any atom is 0.338 e. The fourth-order valence-electron chi connectivity index (χ4n) is 3.40. The molecule has 164 valence electrons. The Morgan fingerprint density at radius 2 is 0.815 bits per heavy atom. The first-order valence-electron chi connectivity index (χ1n) is 10.4. The smallest absolute Gasteiger partial charge is 0.338 e. The summed E-state index contributed by atoms with van der Waals surface area (Å²) in [5.74, 6) is 0. The Hall–Kier alpha value is 0.274. The van der Waals surface area contributed by atoms with Crippen LogP contribution >= 0.6 is 0 Å². The van der Waals surface area contributed by atoms with Crippen molar-refractivity contribution in [3.05, 3.63) is 0 Å². The highest BCUT2D eigenvalue weighted by molar-refractivity contribution is 6.72. The predicted molar refractivity (Wildman–Crippen MR) is 121 cm³/mol. The molecule has 0 aliphatic rings. The second kappa shape index (κ2) is 8.96. The summed E-state index contributed by atoms with van der Waals surface area (Å²) in [6.07, 6.45) is 0. The van der Waals surface area contributed by atoms with E-state index in [0.29, 0.717) is 0 Å². The molecule has 0 spiro atoms. The Labute approximate surface area is 172 Å². The molecule has 0 saturated carbocycles. The molecular weight excluding hydrogens is 372 g/mol. The summed E-state index contributed by atoms with van der Waals surface area (Å²) in [6, 6.07) is 2.66. The van der Waals surface area contributed by atoms with Crippen LogP contribution in [0.15, 0.2) is 0 Å². The Morgan fingerprint density at radius 1 is 0.519 bits per heavy atom. The molecule has 0 amide bonds. The number of hydrogen-bond donors (Lipinski definition) is 0. The van der Waals surface area contributed by atoms with Crippen LogP contribution in [0.2, 0.25) is 24.7 Å². The molecule has 0 heterocycles. The zero-order valence-electron chi connectivity index (χ0n) is 20.8. The Bertz CT molecular complexity index is 419. The first-order chi connectivity index (χ1) is 11.6. The van der Waals surface area contributed by atoms with Gasteiger partial charge in [0.05, 0.1) is 22.4 Å². The summed E-state index contributed by atoms with van der Waals surface area (Å²) in [7, 11) is -4.85. The fourth-order valence-corrected chi connectivity index (χ4v) is 12.7. The number of hydrogen-bond acceptors (Lipinski definition) is 4. The summed E-state index contributed by atoms with van der Waals surface area (Å²) >= 11 is 0. The van der Waals surface area contributed by atoms with E-state index < -0.39 is 17.1 Å². The molecule has 0 N–H and O–H groups in total. The van der Waals surface area contributed by atoms with Crippen LogP contribution in [0.5, 0.6) is 0 Å². The maximum atomic E-state index is 6.63. The third-order valence-electron chi connectivity index (χ3n) is 3.53. The molecule has 0 fully saturated rings. The van der Waals surface area contributed by atoms with Crippen molar-refractivity contribution in [2.75, 3.05) is 0 Å². The highest BCUT2D eigenvalue weighted by Gasteiger charge is 2.47. The SMILES string of the molecule is CC[Si](CC[Si](C)(OC(C)(C)C)OC(C)(C)C)(OC(C)(C)C)OC(C)(C)C. The first kappa shape index (κ1) is 27.3. The minimum atomic E-state index is -2.43. The van der Waals surface area contributed by atoms with E-state index in [0.717, 1.165) is 18.1 Å². The third kappa shape index (κ3) is 13.2. The van der Waals surface area contributed by atoms with Crippen molar-refractivity contribution in [2.45, 2.75) is 137 Å². The molecular formula is C21H48O4Si2. The van der Waals surface area contributed by atoms with E-state index in [1.165, 1.54) is 0 Å². The van der Waals surface area contributed by atoms with E-state index in [1.807, 2.05) is 0 Å². The van der Waals surface area contributed by atoms with Crippen LogP contribution in [0, 0.1) is 0 Å². The van der Waals surface area contributed by atoms with Crippen molar-refractivity contribution in [2.24, 2.45) is 0 Å². The molecule has 0 aromatic rings. The van der Waals surface area contributed by atoms with Crippen LogP contribution in [0.4, 0.5) is 0 Å². The standard InChI is InChI=1S/C21H48O4Si2/c1-15-27(24-20(8,9)10,25-21(11,12)13)17-16-26(14,22-18(2,3)4)23-19(5,6)7/h15-17H2,1-14H3. The van der Waals surface area contributed by atoms with Gasteiger partial charge in [-0.3, -0.25) is 0 Å². The molecule has 0 rings (SSSR count). The summed E-state index contributed by atoms with van der Waals surface area (Å²) in [5, 5.41) is 0. The van der Waals surface area contributed by atoms with E-state index in [1.54, 1.807) is 0 Å². The summed E-state index contributed by atoms with van der Waals surface area (Å²) < 4.78 is 26.3. The van der Waals surface area contributed by atoms with Crippen molar-refractivity contribution >= 4 is 17.1 Å². The minimum absolute atomic E-state index is 0.235. The fraction of sp³-hybridized carbons (Fsp3) is 1.00. The Morgan fingerprint density at radius 3 is 1.04 bits per heavy atom. The van der Waals surface area contributed by atoms with Crippen LogP contribution in [0.3, 0.4) is 0 Å². The average molecular weight is 421 g/mol. The van der Waals surface area contributed by atoms with Gasteiger partial charge in [-0.15, -0.1) is 0 Å². The van der Waals surface area contributed by atoms with Crippen LogP contribution in [-0.4, -0.2) is 39.5 Å². The van der Waals surface area contributed by atoms with E-state index in [-0.39, 0.29) is 22.4 Å². The van der Waals surface area contributed by atoms with Gasteiger partial charge in [0.2, 0.25) is 0 Å². The Kier molecular flexibility index (Phi) is 9.05. The molecule has 0 aliphatic heterocycles. The van der Waals surface area contributed by atoms with Crippen LogP contribution in [0.25, 0.3) is 0 Å². The molecule has 0 atom stereocenters. The van der Waals surface area contributed by atoms with Crippen molar-refractivity contribution < 1.29 is 17.7 Å².